The summed E-state index contributed by atoms with van der Waals surface area (Å²) in [6.07, 6.45) is 8.97. The van der Waals surface area contributed by atoms with Gasteiger partial charge in [0.25, 0.3) is 0 Å². The van der Waals surface area contributed by atoms with Crippen molar-refractivity contribution >= 4 is 29.9 Å². The largest absolute Gasteiger partial charge is 0.356 e. The van der Waals surface area contributed by atoms with Crippen LogP contribution in [0.2, 0.25) is 0 Å². The summed E-state index contributed by atoms with van der Waals surface area (Å²) in [5, 5.41) is 10.6. The Labute approximate surface area is 162 Å². The van der Waals surface area contributed by atoms with E-state index in [-0.39, 0.29) is 24.0 Å². The molecule has 1 aliphatic rings. The number of hydrogen-bond donors (Lipinski definition) is 2. The van der Waals surface area contributed by atoms with Gasteiger partial charge in [-0.3, -0.25) is 4.99 Å². The molecule has 0 spiro atoms. The van der Waals surface area contributed by atoms with Crippen molar-refractivity contribution in [3.05, 3.63) is 11.7 Å². The van der Waals surface area contributed by atoms with Gasteiger partial charge in [0.1, 0.15) is 0 Å². The molecule has 0 aliphatic heterocycles. The van der Waals surface area contributed by atoms with Crippen molar-refractivity contribution in [3.8, 4) is 0 Å². The van der Waals surface area contributed by atoms with Crippen LogP contribution in [-0.2, 0) is 6.42 Å². The summed E-state index contributed by atoms with van der Waals surface area (Å²) in [5.41, 5.74) is 0. The fraction of sp³-hybridized carbons (Fsp3) is 0.824. The third-order valence-corrected chi connectivity index (χ3v) is 4.41. The second kappa shape index (κ2) is 11.7. The third kappa shape index (κ3) is 7.36. The predicted molar refractivity (Wildman–Crippen MR) is 108 cm³/mol. The number of nitrogens with zero attached hydrogens (tertiary/aromatic N) is 3. The van der Waals surface area contributed by atoms with Crippen LogP contribution in [0.15, 0.2) is 9.52 Å². The summed E-state index contributed by atoms with van der Waals surface area (Å²) in [6.45, 7) is 5.84. The Hall–Kier alpha value is -0.860. The van der Waals surface area contributed by atoms with Crippen LogP contribution in [0.4, 0.5) is 0 Å². The third-order valence-electron chi connectivity index (χ3n) is 4.41. The molecule has 2 rings (SSSR count). The quantitative estimate of drug-likeness (QED) is 0.275. The fourth-order valence-corrected chi connectivity index (χ4v) is 3.01. The molecule has 1 aromatic heterocycles. The van der Waals surface area contributed by atoms with Gasteiger partial charge in [-0.2, -0.15) is 4.98 Å². The second-order valence-electron chi connectivity index (χ2n) is 6.67. The molecule has 0 saturated heterocycles. The monoisotopic (exact) mass is 449 g/mol. The van der Waals surface area contributed by atoms with Gasteiger partial charge in [-0.15, -0.1) is 24.0 Å². The van der Waals surface area contributed by atoms with E-state index >= 15 is 0 Å². The molecule has 1 aliphatic carbocycles. The minimum absolute atomic E-state index is 0. The van der Waals surface area contributed by atoms with Crippen molar-refractivity contribution in [2.75, 3.05) is 20.1 Å². The molecule has 0 bridgehead atoms. The van der Waals surface area contributed by atoms with Gasteiger partial charge in [-0.25, -0.2) is 0 Å². The van der Waals surface area contributed by atoms with Crippen molar-refractivity contribution in [2.45, 2.75) is 64.7 Å². The van der Waals surface area contributed by atoms with Gasteiger partial charge in [-0.1, -0.05) is 44.7 Å². The molecule has 0 radical (unpaired) electrons. The molecule has 1 heterocycles. The molecule has 138 valence electrons. The summed E-state index contributed by atoms with van der Waals surface area (Å²) in [7, 11) is 1.80. The molecule has 1 aromatic rings. The standard InChI is InChI=1S/C17H31N5O.HI/c1-13(2)16-21-15(23-22-16)10-12-20-17(18-3)19-11-6-9-14-7-4-5-8-14;/h13-14H,4-12H2,1-3H3,(H2,18,19,20);1H. The number of guanidine groups is 1. The average molecular weight is 449 g/mol. The summed E-state index contributed by atoms with van der Waals surface area (Å²) in [6, 6.07) is 0. The maximum Gasteiger partial charge on any atom is 0.228 e. The van der Waals surface area contributed by atoms with Gasteiger partial charge in [0.2, 0.25) is 5.89 Å². The summed E-state index contributed by atoms with van der Waals surface area (Å²) < 4.78 is 5.24. The van der Waals surface area contributed by atoms with Crippen LogP contribution >= 0.6 is 24.0 Å². The SMILES string of the molecule is CN=C(NCCCC1CCCC1)NCCc1nc(C(C)C)no1.I. The highest BCUT2D eigenvalue weighted by molar-refractivity contribution is 14.0. The number of aromatic nitrogens is 2. The molecule has 2 N–H and O–H groups in total. The van der Waals surface area contributed by atoms with Crippen LogP contribution in [0.25, 0.3) is 0 Å². The maximum absolute atomic E-state index is 5.24. The highest BCUT2D eigenvalue weighted by atomic mass is 127. The predicted octanol–water partition coefficient (Wildman–Crippen LogP) is 3.49. The minimum Gasteiger partial charge on any atom is -0.356 e. The highest BCUT2D eigenvalue weighted by Crippen LogP contribution is 2.28. The van der Waals surface area contributed by atoms with Crippen LogP contribution in [0.5, 0.6) is 0 Å². The molecular weight excluding hydrogens is 417 g/mol. The molecule has 0 unspecified atom stereocenters. The van der Waals surface area contributed by atoms with E-state index in [1.165, 1.54) is 38.5 Å². The van der Waals surface area contributed by atoms with Crippen molar-refractivity contribution < 1.29 is 4.52 Å². The molecule has 1 fully saturated rings. The molecule has 24 heavy (non-hydrogen) atoms. The highest BCUT2D eigenvalue weighted by Gasteiger charge is 2.14. The summed E-state index contributed by atoms with van der Waals surface area (Å²) in [5.74, 6) is 3.56. The second-order valence-corrected chi connectivity index (χ2v) is 6.67. The van der Waals surface area contributed by atoms with Gasteiger partial charge in [0, 0.05) is 32.5 Å². The van der Waals surface area contributed by atoms with Crippen LogP contribution in [0, 0.1) is 5.92 Å². The molecule has 0 amide bonds. The Morgan fingerprint density at radius 1 is 1.25 bits per heavy atom. The molecule has 7 heteroatoms. The van der Waals surface area contributed by atoms with Crippen molar-refractivity contribution in [1.29, 1.82) is 0 Å². The number of nitrogens with one attached hydrogen (secondary N) is 2. The normalized spacial score (nSPS) is 15.6. The van der Waals surface area contributed by atoms with Gasteiger partial charge >= 0.3 is 0 Å². The summed E-state index contributed by atoms with van der Waals surface area (Å²) in [4.78, 5) is 8.62. The lowest BCUT2D eigenvalue weighted by atomic mass is 10.0. The zero-order chi connectivity index (χ0) is 16.5. The lowest BCUT2D eigenvalue weighted by Gasteiger charge is -2.12. The number of hydrogen-bond acceptors (Lipinski definition) is 4. The van der Waals surface area contributed by atoms with Crippen LogP contribution in [0.3, 0.4) is 0 Å². The van der Waals surface area contributed by atoms with Crippen LogP contribution in [0.1, 0.15) is 70.0 Å². The molecule has 1 saturated carbocycles. The lowest BCUT2D eigenvalue weighted by molar-refractivity contribution is 0.371. The van der Waals surface area contributed by atoms with E-state index in [1.54, 1.807) is 7.05 Å². The van der Waals surface area contributed by atoms with Crippen molar-refractivity contribution in [1.82, 2.24) is 20.8 Å². The first-order chi connectivity index (χ1) is 11.2. The van der Waals surface area contributed by atoms with Gasteiger partial charge in [-0.05, 0) is 18.8 Å². The topological polar surface area (TPSA) is 75.3 Å². The Bertz CT molecular complexity index is 483. The fourth-order valence-electron chi connectivity index (χ4n) is 3.01. The van der Waals surface area contributed by atoms with Crippen molar-refractivity contribution in [3.63, 3.8) is 0 Å². The van der Waals surface area contributed by atoms with E-state index in [1.807, 2.05) is 0 Å². The molecule has 0 atom stereocenters. The Balaban J connectivity index is 0.00000288. The zero-order valence-corrected chi connectivity index (χ0v) is 17.5. The smallest absolute Gasteiger partial charge is 0.228 e. The van der Waals surface area contributed by atoms with Crippen LogP contribution in [-0.4, -0.2) is 36.2 Å². The van der Waals surface area contributed by atoms with Gasteiger partial charge < -0.3 is 15.2 Å². The maximum atomic E-state index is 5.24. The lowest BCUT2D eigenvalue weighted by Crippen LogP contribution is -2.38. The molecule has 6 nitrogen and oxygen atoms in total. The molecule has 0 aromatic carbocycles. The van der Waals surface area contributed by atoms with E-state index in [9.17, 15) is 0 Å². The van der Waals surface area contributed by atoms with E-state index in [2.05, 4.69) is 39.6 Å². The van der Waals surface area contributed by atoms with Crippen molar-refractivity contribution in [2.24, 2.45) is 10.9 Å². The first kappa shape index (κ1) is 21.2. The first-order valence-electron chi connectivity index (χ1n) is 8.96. The summed E-state index contributed by atoms with van der Waals surface area (Å²) >= 11 is 0. The Kier molecular flexibility index (Phi) is 10.3. The minimum atomic E-state index is 0. The zero-order valence-electron chi connectivity index (χ0n) is 15.2. The average Bonchev–Trinajstić information content (AvgIpc) is 3.21. The van der Waals surface area contributed by atoms with Gasteiger partial charge in [0.15, 0.2) is 11.8 Å². The molecular formula is C17H32IN5O. The number of aliphatic imine (C=N–C) groups is 1. The number of halogens is 1. The van der Waals surface area contributed by atoms with E-state index in [0.29, 0.717) is 18.2 Å². The van der Waals surface area contributed by atoms with Gasteiger partial charge in [0.05, 0.1) is 0 Å². The van der Waals surface area contributed by atoms with E-state index < -0.39 is 0 Å². The Morgan fingerprint density at radius 3 is 2.58 bits per heavy atom. The first-order valence-corrected chi connectivity index (χ1v) is 8.96. The van der Waals surface area contributed by atoms with E-state index in [4.69, 9.17) is 4.52 Å². The number of rotatable bonds is 8. The van der Waals surface area contributed by atoms with Crippen LogP contribution < -0.4 is 10.6 Å². The van der Waals surface area contributed by atoms with E-state index in [0.717, 1.165) is 30.8 Å². The Morgan fingerprint density at radius 2 is 1.96 bits per heavy atom.